The van der Waals surface area contributed by atoms with E-state index in [1.54, 1.807) is 13.8 Å². The number of methoxy groups -OCH3 is 1. The largest absolute Gasteiger partial charge is 0.498 e. The highest BCUT2D eigenvalue weighted by atomic mass is 19.1. The highest BCUT2D eigenvalue weighted by molar-refractivity contribution is 5.99. The number of nitrogens with zero attached hydrogens (tertiary/aromatic N) is 2. The van der Waals surface area contributed by atoms with Crippen molar-refractivity contribution in [3.8, 4) is 0 Å². The van der Waals surface area contributed by atoms with Gasteiger partial charge in [-0.3, -0.25) is 4.79 Å². The third-order valence-electron chi connectivity index (χ3n) is 8.33. The monoisotopic (exact) mass is 594 g/mol. The summed E-state index contributed by atoms with van der Waals surface area (Å²) in [6.45, 7) is 15.3. The summed E-state index contributed by atoms with van der Waals surface area (Å²) in [5.41, 5.74) is 11.7. The number of hydrogen-bond donors (Lipinski definition) is 3. The van der Waals surface area contributed by atoms with Gasteiger partial charge in [0.25, 0.3) is 6.47 Å². The molecule has 2 heterocycles. The van der Waals surface area contributed by atoms with E-state index in [-0.39, 0.29) is 17.5 Å². The molecule has 8 nitrogen and oxygen atoms in total. The van der Waals surface area contributed by atoms with E-state index in [2.05, 4.69) is 18.5 Å². The first-order chi connectivity index (χ1) is 20.5. The molecular weight excluding hydrogens is 554 g/mol. The highest BCUT2D eigenvalue weighted by Crippen LogP contribution is 2.51. The summed E-state index contributed by atoms with van der Waals surface area (Å²) >= 11 is 0. The van der Waals surface area contributed by atoms with Crippen molar-refractivity contribution < 1.29 is 28.2 Å². The number of fused-ring (bicyclic) bond motifs is 1. The summed E-state index contributed by atoms with van der Waals surface area (Å²) in [6.07, 6.45) is 3.14. The topological polar surface area (TPSA) is 100 Å². The van der Waals surface area contributed by atoms with Crippen LogP contribution in [0.25, 0.3) is 5.57 Å². The Morgan fingerprint density at radius 1 is 1.26 bits per heavy atom. The predicted octanol–water partition coefficient (Wildman–Crippen LogP) is 5.75. The minimum Gasteiger partial charge on any atom is -0.498 e. The lowest BCUT2D eigenvalue weighted by atomic mass is 9.82. The quantitative estimate of drug-likeness (QED) is 0.162. The maximum absolute atomic E-state index is 16.4. The first-order valence-electron chi connectivity index (χ1n) is 14.2. The van der Waals surface area contributed by atoms with Gasteiger partial charge in [-0.2, -0.15) is 0 Å². The Morgan fingerprint density at radius 3 is 2.53 bits per heavy atom. The van der Waals surface area contributed by atoms with Crippen molar-refractivity contribution in [3.05, 3.63) is 88.0 Å². The van der Waals surface area contributed by atoms with Crippen LogP contribution in [0.3, 0.4) is 0 Å². The van der Waals surface area contributed by atoms with Gasteiger partial charge in [-0.15, -0.1) is 0 Å². The molecule has 1 saturated heterocycles. The van der Waals surface area contributed by atoms with E-state index < -0.39 is 12.4 Å². The summed E-state index contributed by atoms with van der Waals surface area (Å²) in [6, 6.07) is 2.96. The molecule has 1 fully saturated rings. The number of halogens is 2. The number of benzene rings is 2. The Bertz CT molecular complexity index is 1530. The summed E-state index contributed by atoms with van der Waals surface area (Å²) in [5, 5.41) is 13.5. The van der Waals surface area contributed by atoms with Crippen molar-refractivity contribution in [1.29, 1.82) is 0 Å². The molecule has 0 amide bonds. The molecule has 230 valence electrons. The van der Waals surface area contributed by atoms with Crippen LogP contribution in [0.4, 0.5) is 31.5 Å². The number of rotatable bonds is 12. The minimum absolute atomic E-state index is 0.0795. The molecule has 2 aromatic rings. The number of likely N-dealkylation sites (N-methyl/N-ethyl adjacent to an activating group) is 1. The van der Waals surface area contributed by atoms with Crippen LogP contribution in [0.2, 0.25) is 0 Å². The molecule has 10 heteroatoms. The molecule has 0 saturated carbocycles. The number of aliphatic hydroxyl groups is 1. The zero-order valence-corrected chi connectivity index (χ0v) is 25.4. The number of hydrogen-bond acceptors (Lipinski definition) is 8. The Hall–Kier alpha value is -4.15. The average Bonchev–Trinajstić information content (AvgIpc) is 2.96. The van der Waals surface area contributed by atoms with Crippen molar-refractivity contribution in [3.63, 3.8) is 0 Å². The van der Waals surface area contributed by atoms with Crippen LogP contribution >= 0.6 is 0 Å². The summed E-state index contributed by atoms with van der Waals surface area (Å²) < 4.78 is 41.3. The lowest BCUT2D eigenvalue weighted by molar-refractivity contribution is -0.125. The first kappa shape index (κ1) is 31.8. The van der Waals surface area contributed by atoms with E-state index >= 15 is 4.39 Å². The third-order valence-corrected chi connectivity index (χ3v) is 8.33. The number of allylic oxidation sites excluding steroid dienone is 5. The molecule has 4 rings (SSSR count). The zero-order chi connectivity index (χ0) is 31.6. The molecule has 0 aliphatic carbocycles. The van der Waals surface area contributed by atoms with Gasteiger partial charge in [0.2, 0.25) is 0 Å². The van der Waals surface area contributed by atoms with Crippen molar-refractivity contribution >= 4 is 34.8 Å². The summed E-state index contributed by atoms with van der Waals surface area (Å²) in [7, 11) is 3.38. The van der Waals surface area contributed by atoms with Crippen LogP contribution in [0.5, 0.6) is 0 Å². The summed E-state index contributed by atoms with van der Waals surface area (Å²) in [4.78, 5) is 14.7. The van der Waals surface area contributed by atoms with Gasteiger partial charge < -0.3 is 35.4 Å². The Kier molecular flexibility index (Phi) is 9.62. The van der Waals surface area contributed by atoms with Gasteiger partial charge in [-0.05, 0) is 62.6 Å². The van der Waals surface area contributed by atoms with E-state index in [9.17, 15) is 14.3 Å². The number of carbonyl (C=O) groups is 1. The summed E-state index contributed by atoms with van der Waals surface area (Å²) in [5.74, 6) is -0.130. The Balaban J connectivity index is 1.92. The standard InChI is InChI=1S/C33H40F2N4O4/c1-8-24-32-30(20(4)31(35)33(24)38-13-23(14-38)37-6)19(3)25(18(2)9-10-29(42-7)21(5)43-17-41)15-39(32)28-12-27(36)26(34)11-22(28)16-40/h11-12,15,17,23,37,40H,2-3,8-10,13-14,16,36H2,1,4-7H3/b29-21-. The van der Waals surface area contributed by atoms with E-state index in [0.717, 1.165) is 5.56 Å². The van der Waals surface area contributed by atoms with E-state index in [1.807, 2.05) is 30.0 Å². The second-order valence-corrected chi connectivity index (χ2v) is 10.8. The van der Waals surface area contributed by atoms with Crippen LogP contribution in [0.15, 0.2) is 54.2 Å². The van der Waals surface area contributed by atoms with Crippen LogP contribution < -0.4 is 20.9 Å². The van der Waals surface area contributed by atoms with Crippen LogP contribution in [0, 0.1) is 18.6 Å². The minimum atomic E-state index is -0.639. The number of ether oxygens (including phenoxy) is 2. The number of nitrogens with two attached hydrogens (primary N) is 1. The zero-order valence-electron chi connectivity index (χ0n) is 25.4. The van der Waals surface area contributed by atoms with E-state index in [4.69, 9.17) is 15.2 Å². The second-order valence-electron chi connectivity index (χ2n) is 10.8. The van der Waals surface area contributed by atoms with E-state index in [1.165, 1.54) is 19.2 Å². The fraction of sp³-hybridized carbons (Fsp3) is 0.364. The Morgan fingerprint density at radius 2 is 1.95 bits per heavy atom. The van der Waals surface area contributed by atoms with Crippen molar-refractivity contribution in [1.82, 2.24) is 5.32 Å². The normalized spacial score (nSPS) is 15.4. The molecule has 0 spiro atoms. The molecule has 0 radical (unpaired) electrons. The molecule has 0 unspecified atom stereocenters. The predicted molar refractivity (Wildman–Crippen MR) is 167 cm³/mol. The molecule has 0 aromatic heterocycles. The molecule has 0 atom stereocenters. The lowest BCUT2D eigenvalue weighted by Gasteiger charge is -2.44. The molecule has 2 aliphatic heterocycles. The molecule has 2 aliphatic rings. The van der Waals surface area contributed by atoms with Gasteiger partial charge in [0.1, 0.15) is 23.2 Å². The van der Waals surface area contributed by atoms with Crippen molar-refractivity contribution in [2.24, 2.45) is 0 Å². The maximum atomic E-state index is 16.4. The second kappa shape index (κ2) is 13.0. The fourth-order valence-corrected chi connectivity index (χ4v) is 5.83. The Labute approximate surface area is 251 Å². The molecular formula is C33H40F2N4O4. The van der Waals surface area contributed by atoms with Gasteiger partial charge in [-0.1, -0.05) is 20.1 Å². The number of anilines is 4. The third kappa shape index (κ3) is 5.77. The number of aliphatic hydroxyl groups excluding tert-OH is 1. The van der Waals surface area contributed by atoms with Gasteiger partial charge in [-0.25, -0.2) is 8.78 Å². The fourth-order valence-electron chi connectivity index (χ4n) is 5.83. The molecule has 4 N–H and O–H groups in total. The average molecular weight is 595 g/mol. The van der Waals surface area contributed by atoms with Crippen LogP contribution in [-0.4, -0.2) is 44.9 Å². The number of carbonyl (C=O) groups excluding carboxylic acids is 1. The number of nitrogen functional groups attached to an aromatic ring is 1. The molecule has 2 aromatic carbocycles. The maximum Gasteiger partial charge on any atom is 0.298 e. The smallest absolute Gasteiger partial charge is 0.298 e. The van der Waals surface area contributed by atoms with E-state index in [0.29, 0.717) is 101 Å². The molecule has 43 heavy (non-hydrogen) atoms. The van der Waals surface area contributed by atoms with Crippen LogP contribution in [0.1, 0.15) is 48.9 Å². The van der Waals surface area contributed by atoms with Gasteiger partial charge in [0, 0.05) is 54.0 Å². The first-order valence-corrected chi connectivity index (χ1v) is 14.2. The van der Waals surface area contributed by atoms with Crippen LogP contribution in [-0.2, 0) is 27.3 Å². The highest BCUT2D eigenvalue weighted by Gasteiger charge is 2.36. The lowest BCUT2D eigenvalue weighted by Crippen LogP contribution is -2.57. The van der Waals surface area contributed by atoms with Gasteiger partial charge >= 0.3 is 0 Å². The van der Waals surface area contributed by atoms with Gasteiger partial charge in [0.05, 0.1) is 36.5 Å². The molecule has 0 bridgehead atoms. The van der Waals surface area contributed by atoms with Crippen molar-refractivity contribution in [2.75, 3.05) is 42.8 Å². The van der Waals surface area contributed by atoms with Crippen molar-refractivity contribution in [2.45, 2.75) is 52.7 Å². The SMILES string of the molecule is C=C(CC/C(OC)=C(\C)OC=O)C1=CN(c2cc(N)c(F)cc2CO)c2c(CC)c(N3CC(NC)C3)c(F)c(C)c2C1=C. The van der Waals surface area contributed by atoms with Gasteiger partial charge in [0.15, 0.2) is 0 Å². The number of nitrogens with one attached hydrogen (secondary N) is 1.